The molecule has 0 spiro atoms. The molecule has 1 atom stereocenters. The lowest BCUT2D eigenvalue weighted by Crippen LogP contribution is -2.18. The van der Waals surface area contributed by atoms with Crippen molar-refractivity contribution in [3.8, 4) is 5.75 Å². The molecular formula is C13H15FN2O2. The molecular weight excluding hydrogens is 235 g/mol. The molecule has 0 aliphatic carbocycles. The Morgan fingerprint density at radius 1 is 1.50 bits per heavy atom. The Bertz CT molecular complexity index is 540. The van der Waals surface area contributed by atoms with Crippen molar-refractivity contribution in [3.63, 3.8) is 0 Å². The van der Waals surface area contributed by atoms with E-state index in [4.69, 9.17) is 4.42 Å². The van der Waals surface area contributed by atoms with Gasteiger partial charge in [-0.05, 0) is 32.0 Å². The van der Waals surface area contributed by atoms with Gasteiger partial charge in [-0.25, -0.2) is 9.37 Å². The molecule has 0 amide bonds. The van der Waals surface area contributed by atoms with E-state index in [1.165, 1.54) is 18.2 Å². The number of rotatable bonds is 4. The van der Waals surface area contributed by atoms with Crippen molar-refractivity contribution in [2.75, 3.05) is 0 Å². The monoisotopic (exact) mass is 250 g/mol. The van der Waals surface area contributed by atoms with E-state index in [0.717, 1.165) is 5.76 Å². The molecule has 0 saturated heterocycles. The molecule has 5 heteroatoms. The zero-order chi connectivity index (χ0) is 13.1. The van der Waals surface area contributed by atoms with E-state index in [1.807, 2.05) is 13.8 Å². The zero-order valence-corrected chi connectivity index (χ0v) is 10.3. The second-order valence-corrected chi connectivity index (χ2v) is 4.18. The summed E-state index contributed by atoms with van der Waals surface area (Å²) in [7, 11) is 0. The summed E-state index contributed by atoms with van der Waals surface area (Å²) in [5.74, 6) is 1.01. The van der Waals surface area contributed by atoms with E-state index >= 15 is 0 Å². The first kappa shape index (κ1) is 12.6. The van der Waals surface area contributed by atoms with E-state index < -0.39 is 0 Å². The summed E-state index contributed by atoms with van der Waals surface area (Å²) in [6.45, 7) is 4.05. The van der Waals surface area contributed by atoms with E-state index in [1.54, 1.807) is 6.20 Å². The normalized spacial score (nSPS) is 12.6. The summed E-state index contributed by atoms with van der Waals surface area (Å²) in [6, 6.07) is 3.75. The number of hydrogen-bond acceptors (Lipinski definition) is 4. The van der Waals surface area contributed by atoms with Crippen LogP contribution in [-0.2, 0) is 6.54 Å². The topological polar surface area (TPSA) is 58.3 Å². The molecule has 1 aromatic heterocycles. The maximum absolute atomic E-state index is 13.0. The molecule has 0 fully saturated rings. The molecule has 1 unspecified atom stereocenters. The number of aromatic hydroxyl groups is 1. The van der Waals surface area contributed by atoms with E-state index in [2.05, 4.69) is 10.3 Å². The van der Waals surface area contributed by atoms with Crippen LogP contribution in [0.25, 0.3) is 0 Å². The average molecular weight is 250 g/mol. The molecule has 2 aromatic rings. The molecule has 0 aliphatic heterocycles. The number of hydrogen-bond donors (Lipinski definition) is 2. The lowest BCUT2D eigenvalue weighted by Gasteiger charge is -2.11. The highest BCUT2D eigenvalue weighted by molar-refractivity contribution is 5.32. The first-order valence-corrected chi connectivity index (χ1v) is 5.69. The van der Waals surface area contributed by atoms with Crippen molar-refractivity contribution in [2.45, 2.75) is 26.4 Å². The molecule has 2 rings (SSSR count). The first-order chi connectivity index (χ1) is 8.56. The summed E-state index contributed by atoms with van der Waals surface area (Å²) in [6.07, 6.45) is 1.65. The predicted octanol–water partition coefficient (Wildman–Crippen LogP) is 2.68. The van der Waals surface area contributed by atoms with Crippen LogP contribution < -0.4 is 5.32 Å². The third-order valence-electron chi connectivity index (χ3n) is 2.65. The summed E-state index contributed by atoms with van der Waals surface area (Å²) in [4.78, 5) is 4.10. The van der Waals surface area contributed by atoms with Crippen LogP contribution in [0.2, 0.25) is 0 Å². The maximum Gasteiger partial charge on any atom is 0.211 e. The smallest absolute Gasteiger partial charge is 0.211 e. The van der Waals surface area contributed by atoms with Gasteiger partial charge in [-0.2, -0.15) is 0 Å². The van der Waals surface area contributed by atoms with Gasteiger partial charge < -0.3 is 14.8 Å². The van der Waals surface area contributed by atoms with Crippen LogP contribution in [0.4, 0.5) is 4.39 Å². The van der Waals surface area contributed by atoms with Crippen LogP contribution in [-0.4, -0.2) is 10.1 Å². The Labute approximate surface area is 104 Å². The summed E-state index contributed by atoms with van der Waals surface area (Å²) in [5.41, 5.74) is 0.505. The number of benzene rings is 1. The molecule has 4 nitrogen and oxygen atoms in total. The lowest BCUT2D eigenvalue weighted by atomic mass is 10.2. The van der Waals surface area contributed by atoms with Crippen molar-refractivity contribution >= 4 is 0 Å². The number of phenolic OH excluding ortho intramolecular Hbond substituents is 1. The molecule has 96 valence electrons. The van der Waals surface area contributed by atoms with E-state index in [0.29, 0.717) is 18.0 Å². The third-order valence-corrected chi connectivity index (χ3v) is 2.65. The van der Waals surface area contributed by atoms with Gasteiger partial charge in [0.15, 0.2) is 0 Å². The fourth-order valence-electron chi connectivity index (χ4n) is 1.62. The number of oxazole rings is 1. The number of halogens is 1. The standard InChI is InChI=1S/C13H15FN2O2/c1-8-6-16-13(18-8)9(2)15-7-10-5-11(14)3-4-12(10)17/h3-6,9,15,17H,7H2,1-2H3. The van der Waals surface area contributed by atoms with Crippen LogP contribution in [0.15, 0.2) is 28.8 Å². The van der Waals surface area contributed by atoms with E-state index in [9.17, 15) is 9.50 Å². The highest BCUT2D eigenvalue weighted by Gasteiger charge is 2.11. The Morgan fingerprint density at radius 3 is 2.94 bits per heavy atom. The van der Waals surface area contributed by atoms with Gasteiger partial charge in [-0.1, -0.05) is 0 Å². The fourth-order valence-corrected chi connectivity index (χ4v) is 1.62. The number of phenols is 1. The summed E-state index contributed by atoms with van der Waals surface area (Å²) < 4.78 is 18.4. The van der Waals surface area contributed by atoms with Crippen LogP contribution in [0.5, 0.6) is 5.75 Å². The van der Waals surface area contributed by atoms with Crippen LogP contribution in [0.3, 0.4) is 0 Å². The molecule has 0 radical (unpaired) electrons. The molecule has 2 N–H and O–H groups in total. The van der Waals surface area contributed by atoms with Gasteiger partial charge >= 0.3 is 0 Å². The summed E-state index contributed by atoms with van der Waals surface area (Å²) >= 11 is 0. The van der Waals surface area contributed by atoms with Crippen LogP contribution in [0.1, 0.15) is 30.2 Å². The van der Waals surface area contributed by atoms with Crippen molar-refractivity contribution in [1.82, 2.24) is 10.3 Å². The number of aryl methyl sites for hydroxylation is 1. The van der Waals surface area contributed by atoms with Crippen molar-refractivity contribution < 1.29 is 13.9 Å². The summed E-state index contributed by atoms with van der Waals surface area (Å²) in [5, 5.41) is 12.7. The van der Waals surface area contributed by atoms with Crippen LogP contribution in [0, 0.1) is 12.7 Å². The largest absolute Gasteiger partial charge is 0.508 e. The highest BCUT2D eigenvalue weighted by Crippen LogP contribution is 2.19. The average Bonchev–Trinajstić information content (AvgIpc) is 2.77. The second-order valence-electron chi connectivity index (χ2n) is 4.18. The molecule has 0 bridgehead atoms. The minimum absolute atomic E-state index is 0.0692. The van der Waals surface area contributed by atoms with Gasteiger partial charge in [0.1, 0.15) is 17.3 Å². The fraction of sp³-hybridized carbons (Fsp3) is 0.308. The molecule has 0 aliphatic rings. The Kier molecular flexibility index (Phi) is 3.62. The number of nitrogens with one attached hydrogen (secondary N) is 1. The van der Waals surface area contributed by atoms with Gasteiger partial charge in [0.25, 0.3) is 0 Å². The molecule has 1 aromatic carbocycles. The van der Waals surface area contributed by atoms with Gasteiger partial charge in [0.05, 0.1) is 12.2 Å². The first-order valence-electron chi connectivity index (χ1n) is 5.69. The quantitative estimate of drug-likeness (QED) is 0.875. The third kappa shape index (κ3) is 2.87. The van der Waals surface area contributed by atoms with Crippen molar-refractivity contribution in [1.29, 1.82) is 0 Å². The lowest BCUT2D eigenvalue weighted by molar-refractivity contribution is 0.397. The van der Waals surface area contributed by atoms with Crippen molar-refractivity contribution in [2.24, 2.45) is 0 Å². The Morgan fingerprint density at radius 2 is 2.28 bits per heavy atom. The number of nitrogens with zero attached hydrogens (tertiary/aromatic N) is 1. The Hall–Kier alpha value is -1.88. The highest BCUT2D eigenvalue weighted by atomic mass is 19.1. The molecule has 0 saturated carbocycles. The molecule has 18 heavy (non-hydrogen) atoms. The molecule has 1 heterocycles. The zero-order valence-electron chi connectivity index (χ0n) is 10.3. The van der Waals surface area contributed by atoms with Gasteiger partial charge in [-0.3, -0.25) is 0 Å². The predicted molar refractivity (Wildman–Crippen MR) is 64.6 cm³/mol. The Balaban J connectivity index is 2.01. The number of aromatic nitrogens is 1. The SMILES string of the molecule is Cc1cnc(C(C)NCc2cc(F)ccc2O)o1. The van der Waals surface area contributed by atoms with Gasteiger partial charge in [-0.15, -0.1) is 0 Å². The second kappa shape index (κ2) is 5.18. The van der Waals surface area contributed by atoms with Crippen molar-refractivity contribution in [3.05, 3.63) is 47.4 Å². The van der Waals surface area contributed by atoms with Crippen LogP contribution >= 0.6 is 0 Å². The van der Waals surface area contributed by atoms with Gasteiger partial charge in [0, 0.05) is 12.1 Å². The van der Waals surface area contributed by atoms with Gasteiger partial charge in [0.2, 0.25) is 5.89 Å². The minimum Gasteiger partial charge on any atom is -0.508 e. The minimum atomic E-state index is -0.371. The maximum atomic E-state index is 13.0. The van der Waals surface area contributed by atoms with E-state index in [-0.39, 0.29) is 17.6 Å².